The third-order valence-electron chi connectivity index (χ3n) is 3.92. The number of nitrogens with zero attached hydrogens (tertiary/aromatic N) is 2. The minimum Gasteiger partial charge on any atom is -0.354 e. The van der Waals surface area contributed by atoms with Crippen LogP contribution in [-0.2, 0) is 11.3 Å². The van der Waals surface area contributed by atoms with Crippen LogP contribution in [0.4, 0.5) is 0 Å². The minimum atomic E-state index is 0.00575. The number of fused-ring (bicyclic) bond motifs is 1. The van der Waals surface area contributed by atoms with Crippen molar-refractivity contribution in [2.75, 3.05) is 6.54 Å². The molecule has 0 saturated carbocycles. The maximum atomic E-state index is 12.3. The number of para-hydroxylation sites is 2. The molecule has 0 aliphatic heterocycles. The van der Waals surface area contributed by atoms with Crippen LogP contribution < -0.4 is 5.32 Å². The summed E-state index contributed by atoms with van der Waals surface area (Å²) in [4.78, 5) is 17.0. The predicted octanol–water partition coefficient (Wildman–Crippen LogP) is 3.98. The van der Waals surface area contributed by atoms with E-state index in [1.165, 1.54) is 0 Å². The molecule has 25 heavy (non-hydrogen) atoms. The van der Waals surface area contributed by atoms with Crippen LogP contribution in [-0.4, -0.2) is 22.0 Å². The van der Waals surface area contributed by atoms with E-state index >= 15 is 0 Å². The Bertz CT molecular complexity index is 879. The van der Waals surface area contributed by atoms with Crippen LogP contribution in [0, 0.1) is 5.92 Å². The zero-order valence-electron chi connectivity index (χ0n) is 14.6. The fourth-order valence-electron chi connectivity index (χ4n) is 2.64. The Morgan fingerprint density at radius 2 is 1.80 bits per heavy atom. The Hall–Kier alpha value is -2.88. The number of carbonyl (C=O) groups excluding carboxylic acids is 1. The summed E-state index contributed by atoms with van der Waals surface area (Å²) in [6, 6.07) is 18.0. The van der Waals surface area contributed by atoms with Gasteiger partial charge in [0.15, 0.2) is 0 Å². The van der Waals surface area contributed by atoms with Gasteiger partial charge in [0, 0.05) is 6.54 Å². The van der Waals surface area contributed by atoms with Gasteiger partial charge in [0.2, 0.25) is 5.91 Å². The molecule has 0 atom stereocenters. The lowest BCUT2D eigenvalue weighted by Crippen LogP contribution is -2.30. The van der Waals surface area contributed by atoms with E-state index in [0.29, 0.717) is 12.5 Å². The van der Waals surface area contributed by atoms with Crippen LogP contribution >= 0.6 is 0 Å². The average Bonchev–Trinajstić information content (AvgIpc) is 2.97. The lowest BCUT2D eigenvalue weighted by Gasteiger charge is -2.10. The van der Waals surface area contributed by atoms with E-state index in [1.807, 2.05) is 71.3 Å². The molecule has 0 bridgehead atoms. The highest BCUT2D eigenvalue weighted by molar-refractivity contribution is 5.83. The number of hydrogen-bond donors (Lipinski definition) is 1. The van der Waals surface area contributed by atoms with Crippen molar-refractivity contribution in [3.05, 3.63) is 66.0 Å². The van der Waals surface area contributed by atoms with E-state index in [9.17, 15) is 4.79 Å². The molecule has 3 rings (SSSR count). The fraction of sp³-hybridized carbons (Fsp3) is 0.238. The van der Waals surface area contributed by atoms with Crippen molar-refractivity contribution >= 4 is 29.1 Å². The van der Waals surface area contributed by atoms with Crippen LogP contribution in [0.5, 0.6) is 0 Å². The molecule has 0 fully saturated rings. The van der Waals surface area contributed by atoms with Gasteiger partial charge in [-0.1, -0.05) is 62.4 Å². The second-order valence-electron chi connectivity index (χ2n) is 6.49. The first-order valence-electron chi connectivity index (χ1n) is 8.58. The van der Waals surface area contributed by atoms with Gasteiger partial charge in [0.25, 0.3) is 0 Å². The summed E-state index contributed by atoms with van der Waals surface area (Å²) < 4.78 is 1.96. The Morgan fingerprint density at radius 1 is 1.08 bits per heavy atom. The molecule has 1 N–H and O–H groups in total. The lowest BCUT2D eigenvalue weighted by molar-refractivity contribution is -0.121. The van der Waals surface area contributed by atoms with Gasteiger partial charge >= 0.3 is 0 Å². The summed E-state index contributed by atoms with van der Waals surface area (Å²) in [6.45, 7) is 5.12. The van der Waals surface area contributed by atoms with Crippen LogP contribution in [0.2, 0.25) is 0 Å². The van der Waals surface area contributed by atoms with E-state index in [-0.39, 0.29) is 12.5 Å². The topological polar surface area (TPSA) is 46.9 Å². The standard InChI is InChI=1S/C21H23N3O/c1-16(2)14-22-21(25)15-24-19-11-7-6-10-18(19)23-20(24)13-12-17-8-4-3-5-9-17/h3-13,16H,14-15H2,1-2H3,(H,22,25)/b13-12+. The number of aromatic nitrogens is 2. The third-order valence-corrected chi connectivity index (χ3v) is 3.92. The van der Waals surface area contributed by atoms with E-state index in [2.05, 4.69) is 24.1 Å². The van der Waals surface area contributed by atoms with Gasteiger partial charge in [-0.05, 0) is 29.7 Å². The highest BCUT2D eigenvalue weighted by atomic mass is 16.1. The highest BCUT2D eigenvalue weighted by Crippen LogP contribution is 2.18. The molecule has 1 aromatic heterocycles. The Balaban J connectivity index is 1.89. The van der Waals surface area contributed by atoms with Crippen LogP contribution in [0.3, 0.4) is 0 Å². The van der Waals surface area contributed by atoms with Gasteiger partial charge in [-0.15, -0.1) is 0 Å². The molecule has 2 aromatic carbocycles. The summed E-state index contributed by atoms with van der Waals surface area (Å²) in [5.41, 5.74) is 2.96. The molecule has 0 radical (unpaired) electrons. The first-order chi connectivity index (χ1) is 12.1. The Kier molecular flexibility index (Phi) is 5.29. The highest BCUT2D eigenvalue weighted by Gasteiger charge is 2.12. The molecule has 4 nitrogen and oxygen atoms in total. The van der Waals surface area contributed by atoms with Crippen LogP contribution in [0.15, 0.2) is 54.6 Å². The molecule has 0 spiro atoms. The number of rotatable bonds is 6. The normalized spacial score (nSPS) is 11.5. The summed E-state index contributed by atoms with van der Waals surface area (Å²) in [5, 5.41) is 2.97. The molecule has 1 amide bonds. The molecule has 1 heterocycles. The lowest BCUT2D eigenvalue weighted by atomic mass is 10.2. The van der Waals surface area contributed by atoms with Crippen molar-refractivity contribution in [1.29, 1.82) is 0 Å². The summed E-state index contributed by atoms with van der Waals surface area (Å²) in [6.07, 6.45) is 3.98. The summed E-state index contributed by atoms with van der Waals surface area (Å²) in [5.74, 6) is 1.22. The zero-order chi connectivity index (χ0) is 17.6. The fourth-order valence-corrected chi connectivity index (χ4v) is 2.64. The first kappa shape index (κ1) is 17.0. The van der Waals surface area contributed by atoms with Gasteiger partial charge in [-0.3, -0.25) is 4.79 Å². The second-order valence-corrected chi connectivity index (χ2v) is 6.49. The third kappa shape index (κ3) is 4.35. The van der Waals surface area contributed by atoms with Crippen molar-refractivity contribution < 1.29 is 4.79 Å². The van der Waals surface area contributed by atoms with E-state index < -0.39 is 0 Å². The Morgan fingerprint density at radius 3 is 2.56 bits per heavy atom. The zero-order valence-corrected chi connectivity index (χ0v) is 14.6. The summed E-state index contributed by atoms with van der Waals surface area (Å²) >= 11 is 0. The molecule has 0 aliphatic rings. The first-order valence-corrected chi connectivity index (χ1v) is 8.58. The number of nitrogens with one attached hydrogen (secondary N) is 1. The molecular formula is C21H23N3O. The predicted molar refractivity (Wildman–Crippen MR) is 103 cm³/mol. The summed E-state index contributed by atoms with van der Waals surface area (Å²) in [7, 11) is 0. The monoisotopic (exact) mass is 333 g/mol. The average molecular weight is 333 g/mol. The number of benzene rings is 2. The molecule has 128 valence electrons. The van der Waals surface area contributed by atoms with Gasteiger partial charge in [-0.2, -0.15) is 0 Å². The molecule has 0 saturated heterocycles. The Labute approximate surface area is 148 Å². The molecule has 3 aromatic rings. The largest absolute Gasteiger partial charge is 0.354 e. The number of imidazole rings is 1. The smallest absolute Gasteiger partial charge is 0.240 e. The number of hydrogen-bond acceptors (Lipinski definition) is 2. The quantitative estimate of drug-likeness (QED) is 0.742. The maximum Gasteiger partial charge on any atom is 0.240 e. The second kappa shape index (κ2) is 7.79. The van der Waals surface area contributed by atoms with Gasteiger partial charge < -0.3 is 9.88 Å². The molecular weight excluding hydrogens is 310 g/mol. The molecule has 0 unspecified atom stereocenters. The SMILES string of the molecule is CC(C)CNC(=O)Cn1c(/C=C/c2ccccc2)nc2ccccc21. The van der Waals surface area contributed by atoms with E-state index in [4.69, 9.17) is 0 Å². The van der Waals surface area contributed by atoms with Crippen LogP contribution in [0.25, 0.3) is 23.2 Å². The van der Waals surface area contributed by atoms with Crippen LogP contribution in [0.1, 0.15) is 25.2 Å². The van der Waals surface area contributed by atoms with Gasteiger partial charge in [0.1, 0.15) is 12.4 Å². The van der Waals surface area contributed by atoms with Crippen molar-refractivity contribution in [3.63, 3.8) is 0 Å². The van der Waals surface area contributed by atoms with Crippen molar-refractivity contribution in [2.45, 2.75) is 20.4 Å². The maximum absolute atomic E-state index is 12.3. The van der Waals surface area contributed by atoms with Crippen molar-refractivity contribution in [1.82, 2.24) is 14.9 Å². The van der Waals surface area contributed by atoms with Gasteiger partial charge in [0.05, 0.1) is 11.0 Å². The van der Waals surface area contributed by atoms with E-state index in [1.54, 1.807) is 0 Å². The number of carbonyl (C=O) groups is 1. The molecule has 4 heteroatoms. The van der Waals surface area contributed by atoms with Crippen molar-refractivity contribution in [2.24, 2.45) is 5.92 Å². The number of amides is 1. The van der Waals surface area contributed by atoms with Crippen molar-refractivity contribution in [3.8, 4) is 0 Å². The van der Waals surface area contributed by atoms with Gasteiger partial charge in [-0.25, -0.2) is 4.98 Å². The molecule has 0 aliphatic carbocycles. The van der Waals surface area contributed by atoms with E-state index in [0.717, 1.165) is 22.4 Å². The minimum absolute atomic E-state index is 0.00575.